The molecule has 1 N–H and O–H groups in total. The number of carbonyl (C=O) groups excluding carboxylic acids is 2. The topological polar surface area (TPSA) is 131 Å². The van der Waals surface area contributed by atoms with Crippen molar-refractivity contribution in [2.75, 3.05) is 13.1 Å². The molecule has 0 spiro atoms. The van der Waals surface area contributed by atoms with Crippen molar-refractivity contribution in [3.8, 4) is 23.3 Å². The van der Waals surface area contributed by atoms with Crippen LogP contribution >= 0.6 is 0 Å². The van der Waals surface area contributed by atoms with Gasteiger partial charge >= 0.3 is 0 Å². The van der Waals surface area contributed by atoms with E-state index in [1.165, 1.54) is 6.20 Å². The van der Waals surface area contributed by atoms with Crippen molar-refractivity contribution in [1.82, 2.24) is 24.6 Å². The predicted molar refractivity (Wildman–Crippen MR) is 112 cm³/mol. The highest BCUT2D eigenvalue weighted by molar-refractivity contribution is 6.27. The number of hydrogen-bond acceptors (Lipinski definition) is 7. The second kappa shape index (κ2) is 7.78. The molecule has 0 bridgehead atoms. The summed E-state index contributed by atoms with van der Waals surface area (Å²) in [7, 11) is 0. The standard InChI is InChI=1S/C22H21N7O2/c1-3-18(19(31)11-30)28-12-22(13-28,14(2)6-23)29-10-16(9-27-29)20-15(7-24)8-26-21-17(20)4-5-25-21/h4-5,8-11,14,18H,3,12-13H2,1-2H3,(H,25,26). The molecule has 3 aromatic heterocycles. The Balaban J connectivity index is 1.73. The van der Waals surface area contributed by atoms with Crippen molar-refractivity contribution >= 4 is 23.1 Å². The molecule has 1 fully saturated rings. The smallest absolute Gasteiger partial charge is 0.212 e. The Labute approximate surface area is 178 Å². The molecule has 0 aliphatic carbocycles. The number of nitrogens with zero attached hydrogens (tertiary/aromatic N) is 6. The van der Waals surface area contributed by atoms with Gasteiger partial charge in [0.1, 0.15) is 17.3 Å². The number of fused-ring (bicyclic) bond motifs is 1. The molecule has 2 atom stereocenters. The minimum atomic E-state index is -0.624. The maximum absolute atomic E-state index is 12.0. The molecule has 31 heavy (non-hydrogen) atoms. The Morgan fingerprint density at radius 3 is 2.81 bits per heavy atom. The molecule has 0 amide bonds. The zero-order valence-corrected chi connectivity index (χ0v) is 17.2. The lowest BCUT2D eigenvalue weighted by atomic mass is 9.77. The van der Waals surface area contributed by atoms with Crippen molar-refractivity contribution in [3.05, 3.63) is 36.4 Å². The van der Waals surface area contributed by atoms with Gasteiger partial charge in [-0.3, -0.25) is 19.2 Å². The fourth-order valence-corrected chi connectivity index (χ4v) is 4.43. The number of nitrogens with one attached hydrogen (secondary N) is 1. The van der Waals surface area contributed by atoms with Crippen LogP contribution in [-0.2, 0) is 15.1 Å². The number of likely N-dealkylation sites (tertiary alicyclic amines) is 1. The number of nitriles is 2. The molecule has 1 aliphatic rings. The second-order valence-electron chi connectivity index (χ2n) is 7.88. The summed E-state index contributed by atoms with van der Waals surface area (Å²) in [5.74, 6) is -0.826. The van der Waals surface area contributed by atoms with E-state index in [4.69, 9.17) is 0 Å². The monoisotopic (exact) mass is 415 g/mol. The minimum absolute atomic E-state index is 0.364. The van der Waals surface area contributed by atoms with Crippen LogP contribution < -0.4 is 0 Å². The first kappa shape index (κ1) is 20.5. The Bertz CT molecular complexity index is 1240. The summed E-state index contributed by atoms with van der Waals surface area (Å²) in [5.41, 5.74) is 1.98. The first-order valence-corrected chi connectivity index (χ1v) is 10.0. The highest BCUT2D eigenvalue weighted by atomic mass is 16.2. The van der Waals surface area contributed by atoms with Crippen molar-refractivity contribution in [2.24, 2.45) is 5.92 Å². The van der Waals surface area contributed by atoms with Crippen LogP contribution in [0.5, 0.6) is 0 Å². The van der Waals surface area contributed by atoms with E-state index in [9.17, 15) is 20.1 Å². The summed E-state index contributed by atoms with van der Waals surface area (Å²) in [6.07, 6.45) is 7.71. The number of Topliss-reactive ketones (excluding diaryl/α,β-unsaturated/α-hetero) is 1. The van der Waals surface area contributed by atoms with Crippen LogP contribution in [0.4, 0.5) is 0 Å². The summed E-state index contributed by atoms with van der Waals surface area (Å²) >= 11 is 0. The maximum Gasteiger partial charge on any atom is 0.212 e. The Morgan fingerprint density at radius 2 is 2.16 bits per heavy atom. The molecular weight excluding hydrogens is 394 g/mol. The normalized spacial score (nSPS) is 17.3. The van der Waals surface area contributed by atoms with E-state index >= 15 is 0 Å². The lowest BCUT2D eigenvalue weighted by molar-refractivity contribution is -0.138. The van der Waals surface area contributed by atoms with Gasteiger partial charge in [0.2, 0.25) is 5.78 Å². The fraction of sp³-hybridized carbons (Fsp3) is 0.364. The maximum atomic E-state index is 12.0. The third-order valence-corrected chi connectivity index (χ3v) is 6.26. The van der Waals surface area contributed by atoms with E-state index < -0.39 is 17.4 Å². The molecule has 9 nitrogen and oxygen atoms in total. The van der Waals surface area contributed by atoms with Crippen LogP contribution in [-0.4, -0.2) is 55.8 Å². The van der Waals surface area contributed by atoms with Crippen LogP contribution in [0.25, 0.3) is 22.2 Å². The first-order chi connectivity index (χ1) is 15.0. The van der Waals surface area contributed by atoms with Crippen LogP contribution in [0.1, 0.15) is 25.8 Å². The van der Waals surface area contributed by atoms with Gasteiger partial charge in [-0.15, -0.1) is 0 Å². The SMILES string of the molecule is CCC(C(=O)C=O)N1CC(C(C)C#N)(n2cc(-c3c(C#N)cnc4[nH]ccc34)cn2)C1. The Morgan fingerprint density at radius 1 is 1.39 bits per heavy atom. The molecule has 4 heterocycles. The molecule has 1 aliphatic heterocycles. The van der Waals surface area contributed by atoms with Gasteiger partial charge < -0.3 is 4.98 Å². The van der Waals surface area contributed by atoms with E-state index in [2.05, 4.69) is 27.2 Å². The number of hydrogen-bond donors (Lipinski definition) is 1. The van der Waals surface area contributed by atoms with Crippen molar-refractivity contribution in [2.45, 2.75) is 31.8 Å². The number of H-pyrrole nitrogens is 1. The van der Waals surface area contributed by atoms with Crippen LogP contribution in [0.2, 0.25) is 0 Å². The van der Waals surface area contributed by atoms with Gasteiger partial charge in [0.05, 0.1) is 29.8 Å². The molecule has 0 aromatic carbocycles. The fourth-order valence-electron chi connectivity index (χ4n) is 4.43. The van der Waals surface area contributed by atoms with Gasteiger partial charge in [0, 0.05) is 48.2 Å². The molecule has 2 unspecified atom stereocenters. The average Bonchev–Trinajstić information content (AvgIpc) is 3.44. The number of pyridine rings is 1. The molecule has 1 saturated heterocycles. The molecular formula is C22H21N7O2. The molecule has 0 saturated carbocycles. The summed E-state index contributed by atoms with van der Waals surface area (Å²) in [6, 6.07) is 5.88. The third-order valence-electron chi connectivity index (χ3n) is 6.26. The van der Waals surface area contributed by atoms with Crippen LogP contribution in [0, 0.1) is 28.6 Å². The Hall–Kier alpha value is -3.82. The van der Waals surface area contributed by atoms with E-state index in [1.807, 2.05) is 31.0 Å². The van der Waals surface area contributed by atoms with Crippen molar-refractivity contribution < 1.29 is 9.59 Å². The summed E-state index contributed by atoms with van der Waals surface area (Å²) in [4.78, 5) is 32.2. The highest BCUT2D eigenvalue weighted by Gasteiger charge is 2.52. The van der Waals surface area contributed by atoms with E-state index in [0.29, 0.717) is 37.0 Å². The van der Waals surface area contributed by atoms with Gasteiger partial charge in [0.15, 0.2) is 6.29 Å². The van der Waals surface area contributed by atoms with Crippen LogP contribution in [0.3, 0.4) is 0 Å². The minimum Gasteiger partial charge on any atom is -0.346 e. The molecule has 156 valence electrons. The van der Waals surface area contributed by atoms with Gasteiger partial charge in [-0.2, -0.15) is 15.6 Å². The number of aromatic amines is 1. The van der Waals surface area contributed by atoms with Gasteiger partial charge in [0.25, 0.3) is 0 Å². The van der Waals surface area contributed by atoms with Gasteiger partial charge in [-0.05, 0) is 19.4 Å². The largest absolute Gasteiger partial charge is 0.346 e. The molecule has 4 rings (SSSR count). The molecule has 0 radical (unpaired) electrons. The van der Waals surface area contributed by atoms with E-state index in [1.54, 1.807) is 17.1 Å². The number of carbonyl (C=O) groups is 2. The molecule has 9 heteroatoms. The first-order valence-electron chi connectivity index (χ1n) is 10.0. The number of aromatic nitrogens is 4. The quantitative estimate of drug-likeness (QED) is 0.461. The lowest BCUT2D eigenvalue weighted by Crippen LogP contribution is -2.69. The Kier molecular flexibility index (Phi) is 5.14. The average molecular weight is 415 g/mol. The van der Waals surface area contributed by atoms with Crippen molar-refractivity contribution in [3.63, 3.8) is 0 Å². The number of aldehydes is 1. The lowest BCUT2D eigenvalue weighted by Gasteiger charge is -2.53. The van der Waals surface area contributed by atoms with E-state index in [-0.39, 0.29) is 5.92 Å². The van der Waals surface area contributed by atoms with Crippen LogP contribution in [0.15, 0.2) is 30.9 Å². The highest BCUT2D eigenvalue weighted by Crippen LogP contribution is 2.39. The molecule has 3 aromatic rings. The summed E-state index contributed by atoms with van der Waals surface area (Å²) in [5, 5.41) is 24.6. The zero-order chi connectivity index (χ0) is 22.2. The zero-order valence-electron chi connectivity index (χ0n) is 17.2. The predicted octanol–water partition coefficient (Wildman–Crippen LogP) is 2.02. The van der Waals surface area contributed by atoms with Gasteiger partial charge in [-0.25, -0.2) is 4.98 Å². The van der Waals surface area contributed by atoms with Gasteiger partial charge in [-0.1, -0.05) is 6.92 Å². The summed E-state index contributed by atoms with van der Waals surface area (Å²) < 4.78 is 1.77. The third kappa shape index (κ3) is 3.11. The summed E-state index contributed by atoms with van der Waals surface area (Å²) in [6.45, 7) is 4.56. The number of rotatable bonds is 7. The van der Waals surface area contributed by atoms with E-state index in [0.717, 1.165) is 16.5 Å². The number of ketones is 1. The van der Waals surface area contributed by atoms with Crippen molar-refractivity contribution in [1.29, 1.82) is 10.5 Å². The second-order valence-corrected chi connectivity index (χ2v) is 7.88.